The van der Waals surface area contributed by atoms with Gasteiger partial charge in [-0.2, -0.15) is 0 Å². The topological polar surface area (TPSA) is 146 Å². The number of primary amides is 2. The molecule has 2 heterocycles. The number of carbonyl (C=O) groups excluding carboxylic acids is 3. The molecule has 0 fully saturated rings. The van der Waals surface area contributed by atoms with Crippen LogP contribution in [0.2, 0.25) is 0 Å². The number of aromatic nitrogens is 3. The van der Waals surface area contributed by atoms with Crippen LogP contribution in [-0.2, 0) is 11.3 Å². The Kier molecular flexibility index (Phi) is 7.04. The lowest BCUT2D eigenvalue weighted by Crippen LogP contribution is -2.19. The first-order chi connectivity index (χ1) is 16.4. The number of rotatable bonds is 9. The highest BCUT2D eigenvalue weighted by molar-refractivity contribution is 7.99. The van der Waals surface area contributed by atoms with Crippen molar-refractivity contribution in [3.63, 3.8) is 0 Å². The molecule has 34 heavy (non-hydrogen) atoms. The first kappa shape index (κ1) is 23.2. The molecule has 0 aliphatic heterocycles. The summed E-state index contributed by atoms with van der Waals surface area (Å²) < 4.78 is 1.97. The smallest absolute Gasteiger partial charge is 0.248 e. The molecule has 0 radical (unpaired) electrons. The van der Waals surface area contributed by atoms with Crippen molar-refractivity contribution in [2.75, 3.05) is 11.1 Å². The highest BCUT2D eigenvalue weighted by Crippen LogP contribution is 2.28. The number of thioether (sulfide) groups is 1. The number of amides is 3. The summed E-state index contributed by atoms with van der Waals surface area (Å²) in [5.41, 5.74) is 12.1. The summed E-state index contributed by atoms with van der Waals surface area (Å²) in [4.78, 5) is 36.7. The van der Waals surface area contributed by atoms with Gasteiger partial charge in [0.15, 0.2) is 11.0 Å². The van der Waals surface area contributed by atoms with Crippen molar-refractivity contribution in [1.82, 2.24) is 14.8 Å². The molecule has 4 rings (SSSR count). The Morgan fingerprint density at radius 3 is 2.26 bits per heavy atom. The number of thiophene rings is 1. The Morgan fingerprint density at radius 1 is 0.941 bits per heavy atom. The van der Waals surface area contributed by atoms with Crippen molar-refractivity contribution in [1.29, 1.82) is 0 Å². The first-order valence-electron chi connectivity index (χ1n) is 10.1. The third-order valence-corrected chi connectivity index (χ3v) is 6.59. The van der Waals surface area contributed by atoms with Crippen LogP contribution in [0.25, 0.3) is 10.7 Å². The Balaban J connectivity index is 1.52. The van der Waals surface area contributed by atoms with E-state index in [1.807, 2.05) is 52.4 Å². The number of nitrogens with zero attached hydrogens (tertiary/aromatic N) is 3. The fourth-order valence-corrected chi connectivity index (χ4v) is 4.66. The fraction of sp³-hybridized carbons (Fsp3) is 0.0870. The predicted molar refractivity (Wildman–Crippen MR) is 132 cm³/mol. The molecule has 4 aromatic rings. The molecule has 0 saturated heterocycles. The van der Waals surface area contributed by atoms with Crippen molar-refractivity contribution < 1.29 is 14.4 Å². The number of anilines is 1. The van der Waals surface area contributed by atoms with Crippen molar-refractivity contribution in [2.45, 2.75) is 11.7 Å². The second-order valence-corrected chi connectivity index (χ2v) is 9.11. The van der Waals surface area contributed by atoms with Crippen LogP contribution < -0.4 is 16.8 Å². The maximum atomic E-state index is 12.6. The van der Waals surface area contributed by atoms with Gasteiger partial charge in [-0.3, -0.25) is 19.0 Å². The molecule has 9 nitrogen and oxygen atoms in total. The van der Waals surface area contributed by atoms with Crippen LogP contribution in [-0.4, -0.2) is 38.2 Å². The molecule has 2 aromatic carbocycles. The van der Waals surface area contributed by atoms with Gasteiger partial charge >= 0.3 is 0 Å². The van der Waals surface area contributed by atoms with Crippen LogP contribution in [0.15, 0.2) is 71.2 Å². The first-order valence-corrected chi connectivity index (χ1v) is 12.0. The minimum Gasteiger partial charge on any atom is -0.366 e. The standard InChI is InChI=1S/C23H20N6O3S2/c24-20(31)15-9-16(21(25)32)11-17(10-15)26-19(30)13-34-23-28-27-22(18-7-4-8-33-18)29(23)12-14-5-2-1-3-6-14/h1-11H,12-13H2,(H2,24,31)(H2,25,32)(H,26,30). The quantitative estimate of drug-likeness (QED) is 0.306. The highest BCUT2D eigenvalue weighted by atomic mass is 32.2. The zero-order valence-corrected chi connectivity index (χ0v) is 19.4. The molecule has 172 valence electrons. The number of hydrogen-bond donors (Lipinski definition) is 3. The molecular formula is C23H20N6O3S2. The van der Waals surface area contributed by atoms with Crippen molar-refractivity contribution in [3.05, 3.63) is 82.7 Å². The number of hydrogen-bond acceptors (Lipinski definition) is 7. The molecule has 0 aliphatic carbocycles. The summed E-state index contributed by atoms with van der Waals surface area (Å²) in [6, 6.07) is 17.9. The summed E-state index contributed by atoms with van der Waals surface area (Å²) in [7, 11) is 0. The van der Waals surface area contributed by atoms with Crippen LogP contribution >= 0.6 is 23.1 Å². The average Bonchev–Trinajstić information content (AvgIpc) is 3.48. The van der Waals surface area contributed by atoms with Crippen molar-refractivity contribution >= 4 is 46.5 Å². The predicted octanol–water partition coefficient (Wildman–Crippen LogP) is 2.98. The molecule has 0 atom stereocenters. The summed E-state index contributed by atoms with van der Waals surface area (Å²) >= 11 is 2.79. The van der Waals surface area contributed by atoms with Gasteiger partial charge < -0.3 is 16.8 Å². The largest absolute Gasteiger partial charge is 0.366 e. The van der Waals surface area contributed by atoms with E-state index in [0.717, 1.165) is 16.3 Å². The van der Waals surface area contributed by atoms with Crippen LogP contribution in [0, 0.1) is 0 Å². The lowest BCUT2D eigenvalue weighted by Gasteiger charge is -2.10. The van der Waals surface area contributed by atoms with Crippen LogP contribution in [0.4, 0.5) is 5.69 Å². The van der Waals surface area contributed by atoms with Gasteiger partial charge in [0.25, 0.3) is 0 Å². The SMILES string of the molecule is NC(=O)c1cc(NC(=O)CSc2nnc(-c3cccs3)n2Cc2ccccc2)cc(C(N)=O)c1. The van der Waals surface area contributed by atoms with E-state index in [2.05, 4.69) is 15.5 Å². The maximum Gasteiger partial charge on any atom is 0.248 e. The molecule has 11 heteroatoms. The zero-order valence-electron chi connectivity index (χ0n) is 17.8. The number of nitrogens with one attached hydrogen (secondary N) is 1. The maximum absolute atomic E-state index is 12.6. The van der Waals surface area contributed by atoms with Gasteiger partial charge in [-0.1, -0.05) is 48.2 Å². The number of nitrogens with two attached hydrogens (primary N) is 2. The zero-order chi connectivity index (χ0) is 24.1. The molecule has 0 bridgehead atoms. The van der Waals surface area contributed by atoms with E-state index in [1.54, 1.807) is 11.3 Å². The third kappa shape index (κ3) is 5.50. The van der Waals surface area contributed by atoms with E-state index in [1.165, 1.54) is 30.0 Å². The molecule has 0 saturated carbocycles. The van der Waals surface area contributed by atoms with Gasteiger partial charge in [-0.05, 0) is 35.2 Å². The van der Waals surface area contributed by atoms with E-state index in [0.29, 0.717) is 11.7 Å². The van der Waals surface area contributed by atoms with Gasteiger partial charge in [0.1, 0.15) is 0 Å². The molecule has 0 unspecified atom stereocenters. The molecule has 3 amide bonds. The molecule has 0 spiro atoms. The molecule has 5 N–H and O–H groups in total. The molecule has 2 aromatic heterocycles. The summed E-state index contributed by atoms with van der Waals surface area (Å²) in [5, 5.41) is 13.9. The van der Waals surface area contributed by atoms with Crippen molar-refractivity contribution in [2.24, 2.45) is 11.5 Å². The van der Waals surface area contributed by atoms with Crippen LogP contribution in [0.3, 0.4) is 0 Å². The van der Waals surface area contributed by atoms with E-state index >= 15 is 0 Å². The minimum absolute atomic E-state index is 0.0318. The van der Waals surface area contributed by atoms with Gasteiger partial charge in [-0.25, -0.2) is 0 Å². The Bertz CT molecular complexity index is 1300. The second kappa shape index (κ2) is 10.3. The van der Waals surface area contributed by atoms with Crippen LogP contribution in [0.5, 0.6) is 0 Å². The van der Waals surface area contributed by atoms with Gasteiger partial charge in [-0.15, -0.1) is 21.5 Å². The monoisotopic (exact) mass is 492 g/mol. The average molecular weight is 493 g/mol. The van der Waals surface area contributed by atoms with E-state index in [4.69, 9.17) is 11.5 Å². The Morgan fingerprint density at radius 2 is 1.65 bits per heavy atom. The summed E-state index contributed by atoms with van der Waals surface area (Å²) in [6.07, 6.45) is 0. The molecular weight excluding hydrogens is 472 g/mol. The summed E-state index contributed by atoms with van der Waals surface area (Å²) in [6.45, 7) is 0.549. The summed E-state index contributed by atoms with van der Waals surface area (Å²) in [5.74, 6) is -1.06. The Hall–Kier alpha value is -3.96. The van der Waals surface area contributed by atoms with Gasteiger partial charge in [0.05, 0.1) is 17.2 Å². The van der Waals surface area contributed by atoms with E-state index in [-0.39, 0.29) is 28.5 Å². The number of carbonyl (C=O) groups is 3. The lowest BCUT2D eigenvalue weighted by atomic mass is 10.1. The minimum atomic E-state index is -0.733. The number of benzene rings is 2. The Labute approximate surface area is 203 Å². The third-order valence-electron chi connectivity index (χ3n) is 4.76. The molecule has 0 aliphatic rings. The van der Waals surface area contributed by atoms with Crippen molar-refractivity contribution in [3.8, 4) is 10.7 Å². The van der Waals surface area contributed by atoms with E-state index in [9.17, 15) is 14.4 Å². The second-order valence-electron chi connectivity index (χ2n) is 7.22. The lowest BCUT2D eigenvalue weighted by molar-refractivity contribution is -0.113. The van der Waals surface area contributed by atoms with Crippen LogP contribution in [0.1, 0.15) is 26.3 Å². The normalized spacial score (nSPS) is 10.7. The van der Waals surface area contributed by atoms with Gasteiger partial charge in [0.2, 0.25) is 17.7 Å². The van der Waals surface area contributed by atoms with E-state index < -0.39 is 11.8 Å². The highest BCUT2D eigenvalue weighted by Gasteiger charge is 2.17. The van der Waals surface area contributed by atoms with Gasteiger partial charge in [0, 0.05) is 16.8 Å². The fourth-order valence-electron chi connectivity index (χ4n) is 3.20.